The first-order valence-electron chi connectivity index (χ1n) is 8.15. The first-order valence-corrected chi connectivity index (χ1v) is 8.15. The second-order valence-electron chi connectivity index (χ2n) is 6.67. The number of hydrogen-bond acceptors (Lipinski definition) is 2. The van der Waals surface area contributed by atoms with Crippen LogP contribution in [0.2, 0.25) is 0 Å². The molecule has 1 saturated heterocycles. The van der Waals surface area contributed by atoms with Crippen LogP contribution in [-0.2, 0) is 12.1 Å². The Morgan fingerprint density at radius 2 is 1.41 bits per heavy atom. The van der Waals surface area contributed by atoms with Gasteiger partial charge in [-0.15, -0.1) is 0 Å². The zero-order valence-corrected chi connectivity index (χ0v) is 13.4. The summed E-state index contributed by atoms with van der Waals surface area (Å²) in [5.74, 6) is 0.421. The van der Waals surface area contributed by atoms with Crippen LogP contribution in [0.3, 0.4) is 0 Å². The molecule has 1 aliphatic heterocycles. The van der Waals surface area contributed by atoms with Crippen LogP contribution in [0.15, 0.2) is 60.7 Å². The van der Waals surface area contributed by atoms with Gasteiger partial charge in [0.05, 0.1) is 5.60 Å². The summed E-state index contributed by atoms with van der Waals surface area (Å²) in [4.78, 5) is 2.46. The molecule has 0 saturated carbocycles. The van der Waals surface area contributed by atoms with Crippen LogP contribution < -0.4 is 0 Å². The lowest BCUT2D eigenvalue weighted by atomic mass is 9.71. The number of nitrogens with zero attached hydrogens (tertiary/aromatic N) is 1. The molecule has 1 aliphatic rings. The third kappa shape index (κ3) is 2.81. The molecule has 0 spiro atoms. The maximum atomic E-state index is 11.3. The summed E-state index contributed by atoms with van der Waals surface area (Å²) in [5, 5.41) is 11.3. The van der Waals surface area contributed by atoms with E-state index in [2.05, 4.69) is 61.2 Å². The summed E-state index contributed by atoms with van der Waals surface area (Å²) in [6.07, 6.45) is 0. The summed E-state index contributed by atoms with van der Waals surface area (Å²) >= 11 is 0. The van der Waals surface area contributed by atoms with E-state index in [9.17, 15) is 5.11 Å². The van der Waals surface area contributed by atoms with Gasteiger partial charge in [-0.25, -0.2) is 0 Å². The molecule has 0 aromatic heterocycles. The fourth-order valence-corrected chi connectivity index (χ4v) is 3.86. The molecule has 2 heteroatoms. The Morgan fingerprint density at radius 1 is 0.909 bits per heavy atom. The summed E-state index contributed by atoms with van der Waals surface area (Å²) in [6, 6.07) is 20.7. The highest BCUT2D eigenvalue weighted by molar-refractivity contribution is 5.25. The zero-order chi connectivity index (χ0) is 15.6. The minimum absolute atomic E-state index is 0.211. The Balaban J connectivity index is 1.77. The number of aliphatic hydroxyl groups is 1. The number of benzene rings is 2. The Labute approximate surface area is 133 Å². The quantitative estimate of drug-likeness (QED) is 0.934. The average Bonchev–Trinajstić information content (AvgIpc) is 2.54. The van der Waals surface area contributed by atoms with E-state index < -0.39 is 5.60 Å². The summed E-state index contributed by atoms with van der Waals surface area (Å²) in [7, 11) is 0. The molecule has 2 aromatic rings. The smallest absolute Gasteiger partial charge is 0.0971 e. The largest absolute Gasteiger partial charge is 0.385 e. The maximum Gasteiger partial charge on any atom is 0.0971 e. The van der Waals surface area contributed by atoms with Crippen molar-refractivity contribution in [2.24, 2.45) is 11.8 Å². The standard InChI is InChI=1S/C20H25NO/c1-16-13-21(15-18-9-5-3-6-10-18)14-17(2)20(16,22)19-11-7-4-8-12-19/h3-12,16-17,22H,13-15H2,1-2H3/t16-,17+,20+. The van der Waals surface area contributed by atoms with Gasteiger partial charge in [-0.1, -0.05) is 74.5 Å². The molecule has 116 valence electrons. The molecule has 22 heavy (non-hydrogen) atoms. The second-order valence-corrected chi connectivity index (χ2v) is 6.67. The SMILES string of the molecule is C[C@@H]1CN(Cc2ccccc2)C[C@H](C)[C@]1(O)c1ccccc1. The van der Waals surface area contributed by atoms with Gasteiger partial charge in [0.25, 0.3) is 0 Å². The molecular weight excluding hydrogens is 270 g/mol. The molecule has 2 nitrogen and oxygen atoms in total. The van der Waals surface area contributed by atoms with Crippen LogP contribution in [0, 0.1) is 11.8 Å². The molecule has 0 bridgehead atoms. The molecular formula is C20H25NO. The van der Waals surface area contributed by atoms with Crippen molar-refractivity contribution in [3.05, 3.63) is 71.8 Å². The molecule has 0 radical (unpaired) electrons. The fraction of sp³-hybridized carbons (Fsp3) is 0.400. The van der Waals surface area contributed by atoms with E-state index in [0.29, 0.717) is 0 Å². The maximum absolute atomic E-state index is 11.3. The van der Waals surface area contributed by atoms with E-state index in [1.54, 1.807) is 0 Å². The van der Waals surface area contributed by atoms with Crippen molar-refractivity contribution in [2.75, 3.05) is 13.1 Å². The van der Waals surface area contributed by atoms with Crippen LogP contribution in [0.25, 0.3) is 0 Å². The Hall–Kier alpha value is -1.64. The molecule has 3 rings (SSSR count). The van der Waals surface area contributed by atoms with Gasteiger partial charge in [-0.05, 0) is 11.1 Å². The van der Waals surface area contributed by atoms with Crippen molar-refractivity contribution in [1.82, 2.24) is 4.90 Å². The highest BCUT2D eigenvalue weighted by Crippen LogP contribution is 2.41. The number of piperidine rings is 1. The van der Waals surface area contributed by atoms with Crippen LogP contribution in [-0.4, -0.2) is 23.1 Å². The normalized spacial score (nSPS) is 29.4. The topological polar surface area (TPSA) is 23.5 Å². The minimum Gasteiger partial charge on any atom is -0.385 e. The molecule has 1 fully saturated rings. The van der Waals surface area contributed by atoms with Gasteiger partial charge in [0, 0.05) is 31.5 Å². The lowest BCUT2D eigenvalue weighted by Gasteiger charge is -2.48. The molecule has 2 aromatic carbocycles. The van der Waals surface area contributed by atoms with Crippen molar-refractivity contribution in [3.8, 4) is 0 Å². The van der Waals surface area contributed by atoms with E-state index in [0.717, 1.165) is 25.2 Å². The van der Waals surface area contributed by atoms with Gasteiger partial charge in [-0.3, -0.25) is 4.90 Å². The molecule has 0 unspecified atom stereocenters. The van der Waals surface area contributed by atoms with Crippen molar-refractivity contribution >= 4 is 0 Å². The summed E-state index contributed by atoms with van der Waals surface area (Å²) in [6.45, 7) is 7.14. The van der Waals surface area contributed by atoms with Crippen LogP contribution in [0.5, 0.6) is 0 Å². The first-order chi connectivity index (χ1) is 10.6. The van der Waals surface area contributed by atoms with E-state index in [1.807, 2.05) is 18.2 Å². The molecule has 0 amide bonds. The van der Waals surface area contributed by atoms with E-state index in [1.165, 1.54) is 5.56 Å². The van der Waals surface area contributed by atoms with Gasteiger partial charge in [0.15, 0.2) is 0 Å². The summed E-state index contributed by atoms with van der Waals surface area (Å²) < 4.78 is 0. The zero-order valence-electron chi connectivity index (χ0n) is 13.4. The van der Waals surface area contributed by atoms with E-state index in [4.69, 9.17) is 0 Å². The molecule has 0 aliphatic carbocycles. The van der Waals surface area contributed by atoms with Gasteiger partial charge in [0.2, 0.25) is 0 Å². The van der Waals surface area contributed by atoms with Crippen LogP contribution in [0.4, 0.5) is 0 Å². The highest BCUT2D eigenvalue weighted by atomic mass is 16.3. The molecule has 3 atom stereocenters. The predicted molar refractivity (Wildman–Crippen MR) is 90.4 cm³/mol. The lowest BCUT2D eigenvalue weighted by Crippen LogP contribution is -2.54. The fourth-order valence-electron chi connectivity index (χ4n) is 3.86. The predicted octanol–water partition coefficient (Wildman–Crippen LogP) is 3.66. The van der Waals surface area contributed by atoms with Crippen molar-refractivity contribution in [2.45, 2.75) is 26.0 Å². The third-order valence-corrected chi connectivity index (χ3v) is 5.05. The van der Waals surface area contributed by atoms with Crippen molar-refractivity contribution in [1.29, 1.82) is 0 Å². The van der Waals surface area contributed by atoms with Crippen molar-refractivity contribution < 1.29 is 5.11 Å². The third-order valence-electron chi connectivity index (χ3n) is 5.05. The second kappa shape index (κ2) is 6.23. The first kappa shape index (κ1) is 15.3. The van der Waals surface area contributed by atoms with Crippen molar-refractivity contribution in [3.63, 3.8) is 0 Å². The number of hydrogen-bond donors (Lipinski definition) is 1. The minimum atomic E-state index is -0.728. The monoisotopic (exact) mass is 295 g/mol. The van der Waals surface area contributed by atoms with Gasteiger partial charge in [0.1, 0.15) is 0 Å². The van der Waals surface area contributed by atoms with Gasteiger partial charge < -0.3 is 5.11 Å². The number of rotatable bonds is 3. The number of likely N-dealkylation sites (tertiary alicyclic amines) is 1. The van der Waals surface area contributed by atoms with Crippen LogP contribution >= 0.6 is 0 Å². The van der Waals surface area contributed by atoms with Gasteiger partial charge >= 0.3 is 0 Å². The summed E-state index contributed by atoms with van der Waals surface area (Å²) in [5.41, 5.74) is 1.66. The Morgan fingerprint density at radius 3 is 1.95 bits per heavy atom. The Kier molecular flexibility index (Phi) is 4.32. The van der Waals surface area contributed by atoms with Crippen LogP contribution in [0.1, 0.15) is 25.0 Å². The average molecular weight is 295 g/mol. The molecule has 1 heterocycles. The molecule has 1 N–H and O–H groups in total. The van der Waals surface area contributed by atoms with E-state index in [-0.39, 0.29) is 11.8 Å². The van der Waals surface area contributed by atoms with E-state index >= 15 is 0 Å². The highest BCUT2D eigenvalue weighted by Gasteiger charge is 2.45. The van der Waals surface area contributed by atoms with Gasteiger partial charge in [-0.2, -0.15) is 0 Å². The lowest BCUT2D eigenvalue weighted by molar-refractivity contribution is -0.114. The Bertz CT molecular complexity index is 584.